The van der Waals surface area contributed by atoms with Gasteiger partial charge in [-0.3, -0.25) is 0 Å². The fraction of sp³-hybridized carbons (Fsp3) is 0.800. The summed E-state index contributed by atoms with van der Waals surface area (Å²) in [6.07, 6.45) is 2.72. The van der Waals surface area contributed by atoms with Crippen molar-refractivity contribution in [1.82, 2.24) is 0 Å². The van der Waals surface area contributed by atoms with Crippen molar-refractivity contribution < 1.29 is 36.7 Å². The monoisotopic (exact) mass is 423 g/mol. The molecule has 0 aliphatic carbocycles. The van der Waals surface area contributed by atoms with Gasteiger partial charge in [0.2, 0.25) is 0 Å². The number of hydrogen-bond donors (Lipinski definition) is 2. The van der Waals surface area contributed by atoms with E-state index in [0.29, 0.717) is 0 Å². The molecule has 0 amide bonds. The van der Waals surface area contributed by atoms with Crippen LogP contribution in [0.15, 0.2) is 23.9 Å². The molecule has 1 radical (unpaired) electrons. The molecule has 157 valence electrons. The molecular formula is C20H40MnN4O2+2. The molecular weight excluding hydrogens is 383 g/mol. The molecule has 6 nitrogen and oxygen atoms in total. The molecule has 7 heteroatoms. The van der Waals surface area contributed by atoms with Crippen LogP contribution < -0.4 is 10.2 Å². The summed E-state index contributed by atoms with van der Waals surface area (Å²) in [4.78, 5) is 0. The van der Waals surface area contributed by atoms with Gasteiger partial charge in [-0.1, -0.05) is 73.5 Å². The zero-order chi connectivity index (χ0) is 21.7. The molecule has 0 spiro atoms. The molecule has 0 aromatic carbocycles. The molecule has 0 saturated heterocycles. The molecule has 0 aliphatic heterocycles. The Morgan fingerprint density at radius 1 is 0.593 bits per heavy atom. The molecule has 0 atom stereocenters. The first-order valence-electron chi connectivity index (χ1n) is 8.90. The second kappa shape index (κ2) is 10.4. The van der Waals surface area contributed by atoms with Gasteiger partial charge in [-0.05, 0) is 10.8 Å². The summed E-state index contributed by atoms with van der Waals surface area (Å²) in [6.45, 7) is 22.5. The molecule has 0 aromatic rings. The maximum absolute atomic E-state index is 11.5. The fourth-order valence-corrected chi connectivity index (χ4v) is 1.01. The minimum absolute atomic E-state index is 0. The van der Waals surface area contributed by atoms with E-state index < -0.39 is 10.8 Å². The van der Waals surface area contributed by atoms with Gasteiger partial charge < -0.3 is 10.2 Å². The Hall–Kier alpha value is -1.20. The number of nitrogens with zero attached hydrogens (tertiary/aromatic N) is 2. The van der Waals surface area contributed by atoms with Crippen LogP contribution in [0.2, 0.25) is 0 Å². The minimum Gasteiger partial charge on any atom is -0.871 e. The van der Waals surface area contributed by atoms with Crippen molar-refractivity contribution in [3.8, 4) is 0 Å². The SMILES string of the molecule is CC(C)(C)C([O-])=C[N+](=N)C(C)(C)C.CC(C)(C)C([O-])=C[N+](=N)C(C)(C)C.[Mn+2]. The van der Waals surface area contributed by atoms with Gasteiger partial charge in [-0.15, -0.1) is 0 Å². The smallest absolute Gasteiger partial charge is 0.871 e. The Bertz CT molecular complexity index is 515. The molecule has 0 aromatic heterocycles. The van der Waals surface area contributed by atoms with Crippen molar-refractivity contribution in [2.75, 3.05) is 0 Å². The predicted molar refractivity (Wildman–Crippen MR) is 101 cm³/mol. The van der Waals surface area contributed by atoms with Gasteiger partial charge in [-0.25, -0.2) is 0 Å². The topological polar surface area (TPSA) is 99.8 Å². The number of allylic oxidation sites excluding steroid dienone is 2. The predicted octanol–water partition coefficient (Wildman–Crippen LogP) is 4.15. The summed E-state index contributed by atoms with van der Waals surface area (Å²) in [7, 11) is 0. The molecule has 0 heterocycles. The van der Waals surface area contributed by atoms with Crippen LogP contribution in [-0.2, 0) is 17.1 Å². The average molecular weight is 424 g/mol. The van der Waals surface area contributed by atoms with Crippen LogP contribution in [0.1, 0.15) is 83.1 Å². The first-order valence-corrected chi connectivity index (χ1v) is 8.90. The fourth-order valence-electron chi connectivity index (χ4n) is 1.01. The third-order valence-corrected chi connectivity index (χ3v) is 3.42. The van der Waals surface area contributed by atoms with Crippen molar-refractivity contribution in [1.29, 1.82) is 11.1 Å². The van der Waals surface area contributed by atoms with E-state index in [-0.39, 0.29) is 39.7 Å². The zero-order valence-corrected chi connectivity index (χ0v) is 20.4. The van der Waals surface area contributed by atoms with Gasteiger partial charge in [0.15, 0.2) is 23.5 Å². The van der Waals surface area contributed by atoms with Gasteiger partial charge in [0.25, 0.3) is 0 Å². The second-order valence-electron chi connectivity index (χ2n) is 10.6. The maximum Gasteiger partial charge on any atom is 2.00 e. The molecule has 0 bridgehead atoms. The summed E-state index contributed by atoms with van der Waals surface area (Å²) in [5.74, 6) is -0.0325. The first kappa shape index (κ1) is 30.5. The van der Waals surface area contributed by atoms with Crippen LogP contribution in [0.25, 0.3) is 0 Å². The Morgan fingerprint density at radius 3 is 0.889 bits per heavy atom. The van der Waals surface area contributed by atoms with E-state index in [1.807, 2.05) is 83.1 Å². The van der Waals surface area contributed by atoms with E-state index in [1.54, 1.807) is 0 Å². The van der Waals surface area contributed by atoms with Crippen molar-refractivity contribution in [2.24, 2.45) is 10.8 Å². The zero-order valence-electron chi connectivity index (χ0n) is 19.2. The quantitative estimate of drug-likeness (QED) is 0.302. The number of hydrogen-bond acceptors (Lipinski definition) is 4. The van der Waals surface area contributed by atoms with Crippen molar-refractivity contribution in [2.45, 2.75) is 94.2 Å². The van der Waals surface area contributed by atoms with Gasteiger partial charge in [0.05, 0.1) is 0 Å². The third kappa shape index (κ3) is 13.6. The van der Waals surface area contributed by atoms with Crippen LogP contribution in [-0.4, -0.2) is 20.5 Å². The molecule has 2 N–H and O–H groups in total. The summed E-state index contributed by atoms with van der Waals surface area (Å²) in [5, 5.41) is 23.0. The van der Waals surface area contributed by atoms with E-state index >= 15 is 0 Å². The van der Waals surface area contributed by atoms with Crippen LogP contribution in [0.4, 0.5) is 0 Å². The van der Waals surface area contributed by atoms with Gasteiger partial charge in [0, 0.05) is 41.5 Å². The van der Waals surface area contributed by atoms with E-state index in [2.05, 4.69) is 0 Å². The Kier molecular flexibility index (Phi) is 11.7. The van der Waals surface area contributed by atoms with Gasteiger partial charge >= 0.3 is 17.1 Å². The Labute approximate surface area is 176 Å². The number of nitrogens with one attached hydrogen (secondary N) is 2. The van der Waals surface area contributed by atoms with Gasteiger partial charge in [0.1, 0.15) is 0 Å². The molecule has 0 rings (SSSR count). The molecule has 0 aliphatic rings. The van der Waals surface area contributed by atoms with Gasteiger partial charge in [-0.2, -0.15) is 0 Å². The van der Waals surface area contributed by atoms with Crippen LogP contribution >= 0.6 is 0 Å². The molecule has 0 unspecified atom stereocenters. The van der Waals surface area contributed by atoms with E-state index in [9.17, 15) is 10.2 Å². The van der Waals surface area contributed by atoms with Crippen molar-refractivity contribution in [3.63, 3.8) is 0 Å². The standard InChI is InChI=1S/2C10H20N2O.Mn/c2*1-9(2,3)8(13)7-12(11)10(4,5)6;/h2*7H,1-6H3,(H-,11,13);/q;;+2. The largest absolute Gasteiger partial charge is 2.00 e. The third-order valence-electron chi connectivity index (χ3n) is 3.42. The number of rotatable bonds is 2. The molecule has 0 saturated carbocycles. The second-order valence-corrected chi connectivity index (χ2v) is 10.6. The van der Waals surface area contributed by atoms with Crippen LogP contribution in [0.3, 0.4) is 0 Å². The Morgan fingerprint density at radius 2 is 0.778 bits per heavy atom. The van der Waals surface area contributed by atoms with Crippen molar-refractivity contribution in [3.05, 3.63) is 23.9 Å². The minimum atomic E-state index is -0.398. The first-order chi connectivity index (χ1) is 11.1. The summed E-state index contributed by atoms with van der Waals surface area (Å²) in [6, 6.07) is 0. The van der Waals surface area contributed by atoms with E-state index in [1.165, 1.54) is 21.8 Å². The van der Waals surface area contributed by atoms with Crippen LogP contribution in [0.5, 0.6) is 0 Å². The molecule has 0 fully saturated rings. The Balaban J connectivity index is -0.000000411. The maximum atomic E-state index is 11.5. The van der Waals surface area contributed by atoms with E-state index in [0.717, 1.165) is 0 Å². The summed E-state index contributed by atoms with van der Waals surface area (Å²) >= 11 is 0. The van der Waals surface area contributed by atoms with E-state index in [4.69, 9.17) is 11.1 Å². The van der Waals surface area contributed by atoms with Crippen molar-refractivity contribution >= 4 is 0 Å². The average Bonchev–Trinajstić information content (AvgIpc) is 2.34. The van der Waals surface area contributed by atoms with Crippen LogP contribution in [0, 0.1) is 21.9 Å². The normalized spacial score (nSPS) is 13.9. The molecule has 27 heavy (non-hydrogen) atoms. The summed E-state index contributed by atoms with van der Waals surface area (Å²) < 4.78 is 2.42. The summed E-state index contributed by atoms with van der Waals surface area (Å²) in [5.41, 5.74) is 13.7.